The van der Waals surface area contributed by atoms with Crippen molar-refractivity contribution in [3.63, 3.8) is 0 Å². The van der Waals surface area contributed by atoms with Gasteiger partial charge in [-0.3, -0.25) is 9.78 Å². The van der Waals surface area contributed by atoms with E-state index in [1.165, 1.54) is 25.4 Å². The standard InChI is InChI=1S/C25H26F5N3O3S2/c1-31-25(34)24-16-18(14-15-32-24)17-2-8-21(9-3-17)37(35,36)22-10-4-19(5-11-22)33-20-6-12-23(13-7-20)38(26,27,28,29)30/h2-3,6-9,12-16,19,22,33H,4-5,10-11H2,1H3,(H,31,34). The second-order valence-electron chi connectivity index (χ2n) is 9.19. The smallest absolute Gasteiger partial charge is 0.310 e. The van der Waals surface area contributed by atoms with Crippen molar-refractivity contribution in [2.24, 2.45) is 0 Å². The number of pyridine rings is 1. The Hall–Kier alpha value is -3.19. The molecular formula is C25H26F5N3O3S2. The molecule has 6 nitrogen and oxygen atoms in total. The molecule has 0 spiro atoms. The first-order valence-electron chi connectivity index (χ1n) is 11.7. The Balaban J connectivity index is 1.39. The van der Waals surface area contributed by atoms with Crippen LogP contribution >= 0.6 is 10.2 Å². The van der Waals surface area contributed by atoms with Gasteiger partial charge < -0.3 is 10.6 Å². The predicted octanol–water partition coefficient (Wildman–Crippen LogP) is 6.96. The van der Waals surface area contributed by atoms with Crippen LogP contribution in [0.1, 0.15) is 36.2 Å². The maximum Gasteiger partial charge on any atom is 0.310 e. The average molecular weight is 576 g/mol. The van der Waals surface area contributed by atoms with Crippen molar-refractivity contribution in [1.29, 1.82) is 0 Å². The SMILES string of the molecule is CNC(=O)c1cc(-c2ccc(S(=O)(=O)C3CCC(Nc4ccc(S(F)(F)(F)(F)F)cc4)CC3)cc2)ccn1. The van der Waals surface area contributed by atoms with Crippen molar-refractivity contribution in [3.05, 3.63) is 72.6 Å². The number of anilines is 1. The highest BCUT2D eigenvalue weighted by Gasteiger charge is 2.65. The van der Waals surface area contributed by atoms with Crippen molar-refractivity contribution >= 4 is 31.7 Å². The minimum absolute atomic E-state index is 0.171. The number of hydrogen-bond donors (Lipinski definition) is 2. The van der Waals surface area contributed by atoms with Crippen LogP contribution in [0.5, 0.6) is 0 Å². The summed E-state index contributed by atoms with van der Waals surface area (Å²) >= 11 is 0. The van der Waals surface area contributed by atoms with Gasteiger partial charge >= 0.3 is 10.2 Å². The van der Waals surface area contributed by atoms with Gasteiger partial charge in [-0.15, -0.1) is 0 Å². The highest BCUT2D eigenvalue weighted by atomic mass is 32.5. The molecule has 0 bridgehead atoms. The molecular weight excluding hydrogens is 549 g/mol. The van der Waals surface area contributed by atoms with Crippen LogP contribution in [-0.2, 0) is 9.84 Å². The van der Waals surface area contributed by atoms with Gasteiger partial charge in [0.25, 0.3) is 5.91 Å². The zero-order valence-electron chi connectivity index (χ0n) is 20.2. The number of carbonyl (C=O) groups excluding carboxylic acids is 1. The van der Waals surface area contributed by atoms with Gasteiger partial charge in [-0.05, 0) is 85.3 Å². The molecule has 1 aromatic heterocycles. The van der Waals surface area contributed by atoms with E-state index in [-0.39, 0.29) is 28.2 Å². The normalized spacial score (nSPS) is 20.2. The van der Waals surface area contributed by atoms with Gasteiger partial charge in [0.05, 0.1) is 10.1 Å². The highest BCUT2D eigenvalue weighted by molar-refractivity contribution is 8.45. The summed E-state index contributed by atoms with van der Waals surface area (Å²) in [6.45, 7) is 0. The first kappa shape index (κ1) is 27.8. The average Bonchev–Trinajstić information content (AvgIpc) is 2.87. The van der Waals surface area contributed by atoms with Crippen LogP contribution in [0.25, 0.3) is 11.1 Å². The summed E-state index contributed by atoms with van der Waals surface area (Å²) < 4.78 is 91.0. The second kappa shape index (κ2) is 9.23. The number of aromatic nitrogens is 1. The van der Waals surface area contributed by atoms with E-state index in [2.05, 4.69) is 15.6 Å². The quantitative estimate of drug-likeness (QED) is 0.297. The molecule has 3 aromatic rings. The van der Waals surface area contributed by atoms with Crippen LogP contribution < -0.4 is 10.6 Å². The number of carbonyl (C=O) groups is 1. The van der Waals surface area contributed by atoms with Gasteiger partial charge in [-0.25, -0.2) is 8.42 Å². The summed E-state index contributed by atoms with van der Waals surface area (Å²) in [6.07, 6.45) is 3.07. The maximum atomic E-state index is 13.2. The Morgan fingerprint density at radius 1 is 0.868 bits per heavy atom. The van der Waals surface area contributed by atoms with E-state index < -0.39 is 30.2 Å². The van der Waals surface area contributed by atoms with E-state index in [4.69, 9.17) is 0 Å². The lowest BCUT2D eigenvalue weighted by Gasteiger charge is -2.40. The zero-order valence-corrected chi connectivity index (χ0v) is 21.8. The zero-order chi connectivity index (χ0) is 27.8. The monoisotopic (exact) mass is 575 g/mol. The molecule has 1 fully saturated rings. The molecule has 4 rings (SSSR count). The third-order valence-electron chi connectivity index (χ3n) is 6.52. The van der Waals surface area contributed by atoms with Crippen molar-refractivity contribution in [2.45, 2.75) is 46.8 Å². The molecule has 1 heterocycles. The minimum atomic E-state index is -9.73. The molecule has 1 amide bonds. The summed E-state index contributed by atoms with van der Waals surface area (Å²) in [5, 5.41) is 4.89. The first-order valence-corrected chi connectivity index (χ1v) is 15.2. The highest BCUT2D eigenvalue weighted by Crippen LogP contribution is 3.02. The molecule has 1 aliphatic rings. The lowest BCUT2D eigenvalue weighted by Crippen LogP contribution is -2.32. The molecule has 206 valence electrons. The number of nitrogens with zero attached hydrogens (tertiary/aromatic N) is 1. The molecule has 2 N–H and O–H groups in total. The molecule has 2 aromatic carbocycles. The fourth-order valence-electron chi connectivity index (χ4n) is 4.45. The fraction of sp³-hybridized carbons (Fsp3) is 0.280. The number of sulfone groups is 1. The Kier molecular flexibility index (Phi) is 6.76. The fourth-order valence-corrected chi connectivity index (χ4v) is 6.90. The summed E-state index contributed by atoms with van der Waals surface area (Å²) in [7, 11) is -11.9. The van der Waals surface area contributed by atoms with Gasteiger partial charge in [0.2, 0.25) is 0 Å². The van der Waals surface area contributed by atoms with E-state index in [1.807, 2.05) is 0 Å². The van der Waals surface area contributed by atoms with Crippen molar-refractivity contribution in [3.8, 4) is 11.1 Å². The van der Waals surface area contributed by atoms with Crippen LogP contribution in [0, 0.1) is 0 Å². The van der Waals surface area contributed by atoms with E-state index in [0.29, 0.717) is 43.4 Å². The lowest BCUT2D eigenvalue weighted by molar-refractivity contribution is 0.0958. The van der Waals surface area contributed by atoms with Gasteiger partial charge in [0.15, 0.2) is 9.84 Å². The first-order chi connectivity index (χ1) is 17.6. The Morgan fingerprint density at radius 3 is 2.03 bits per heavy atom. The second-order valence-corrected chi connectivity index (χ2v) is 13.8. The number of hydrogen-bond acceptors (Lipinski definition) is 5. The molecule has 1 saturated carbocycles. The molecule has 13 heteroatoms. The lowest BCUT2D eigenvalue weighted by atomic mass is 9.95. The minimum Gasteiger partial charge on any atom is -0.382 e. The van der Waals surface area contributed by atoms with Gasteiger partial charge in [-0.1, -0.05) is 31.6 Å². The summed E-state index contributed by atoms with van der Waals surface area (Å²) in [5.41, 5.74) is 1.93. The third kappa shape index (κ3) is 6.26. The van der Waals surface area contributed by atoms with Crippen molar-refractivity contribution < 1.29 is 32.6 Å². The molecule has 0 aliphatic heterocycles. The molecule has 38 heavy (non-hydrogen) atoms. The number of halogens is 5. The van der Waals surface area contributed by atoms with Crippen LogP contribution in [-0.4, -0.2) is 37.6 Å². The van der Waals surface area contributed by atoms with Gasteiger partial charge in [0.1, 0.15) is 10.6 Å². The number of amides is 1. The molecule has 1 aliphatic carbocycles. The Bertz CT molecular complexity index is 1440. The number of nitrogens with one attached hydrogen (secondary N) is 2. The Morgan fingerprint density at radius 2 is 1.47 bits per heavy atom. The van der Waals surface area contributed by atoms with Crippen molar-refractivity contribution in [2.75, 3.05) is 12.4 Å². The Labute approximate surface area is 217 Å². The topological polar surface area (TPSA) is 88.2 Å². The molecule has 0 saturated heterocycles. The van der Waals surface area contributed by atoms with E-state index in [9.17, 15) is 32.6 Å². The molecule has 0 radical (unpaired) electrons. The summed E-state index contributed by atoms with van der Waals surface area (Å²) in [4.78, 5) is 14.1. The van der Waals surface area contributed by atoms with Crippen LogP contribution in [0.3, 0.4) is 0 Å². The van der Waals surface area contributed by atoms with E-state index >= 15 is 0 Å². The van der Waals surface area contributed by atoms with Crippen LogP contribution in [0.15, 0.2) is 76.7 Å². The third-order valence-corrected chi connectivity index (χ3v) is 9.96. The van der Waals surface area contributed by atoms with Crippen molar-refractivity contribution in [1.82, 2.24) is 10.3 Å². The maximum absolute atomic E-state index is 13.2. The van der Waals surface area contributed by atoms with E-state index in [1.54, 1.807) is 24.3 Å². The summed E-state index contributed by atoms with van der Waals surface area (Å²) in [5.74, 6) is -0.336. The number of rotatable bonds is 7. The number of benzene rings is 2. The van der Waals surface area contributed by atoms with E-state index in [0.717, 1.165) is 17.7 Å². The molecule has 0 unspecified atom stereocenters. The molecule has 0 atom stereocenters. The van der Waals surface area contributed by atoms with Crippen LogP contribution in [0.2, 0.25) is 0 Å². The summed E-state index contributed by atoms with van der Waals surface area (Å²) in [6, 6.07) is 12.1. The predicted molar refractivity (Wildman–Crippen MR) is 138 cm³/mol. The van der Waals surface area contributed by atoms with Gasteiger partial charge in [0, 0.05) is 25.0 Å². The largest absolute Gasteiger partial charge is 0.382 e. The van der Waals surface area contributed by atoms with Gasteiger partial charge in [-0.2, -0.15) is 0 Å². The van der Waals surface area contributed by atoms with Crippen LogP contribution in [0.4, 0.5) is 25.1 Å².